The zero-order valence-corrected chi connectivity index (χ0v) is 43.9. The average Bonchev–Trinajstić information content (AvgIpc) is 3.50. The molecule has 0 atom stereocenters. The van der Waals surface area contributed by atoms with Crippen molar-refractivity contribution < 1.29 is 124 Å². The summed E-state index contributed by atoms with van der Waals surface area (Å²) < 4.78 is 58.3. The molecular weight excluding hydrogens is 891 g/mol. The van der Waals surface area contributed by atoms with Crippen LogP contribution in [0.5, 0.6) is 0 Å². The maximum Gasteiger partial charge on any atom is 1.00 e. The largest absolute Gasteiger partial charge is 1.00 e. The number of nitrogens with zero attached hydrogens (tertiary/aromatic N) is 3. The number of rotatable bonds is 25. The Bertz CT molecular complexity index is 1610. The molecule has 0 radical (unpaired) electrons. The number of alkyl halides is 1. The fraction of sp³-hybridized carbons (Fsp3) is 0.609. The molecule has 20 heteroatoms. The second kappa shape index (κ2) is 39.7. The Balaban J connectivity index is -0.000000979. The van der Waals surface area contributed by atoms with E-state index in [0.29, 0.717) is 90.3 Å². The third-order valence-electron chi connectivity index (χ3n) is 7.87. The number of fused-ring (bicyclic) bond motifs is 1. The maximum atomic E-state index is 12.2. The van der Waals surface area contributed by atoms with Gasteiger partial charge in [-0.1, -0.05) is 19.1 Å². The number of ether oxygens (including phenoxy) is 8. The summed E-state index contributed by atoms with van der Waals surface area (Å²) in [5, 5.41) is 0. The van der Waals surface area contributed by atoms with Crippen LogP contribution in [0.4, 0.5) is 14.0 Å². The van der Waals surface area contributed by atoms with E-state index in [1.807, 2.05) is 41.5 Å². The smallest absolute Gasteiger partial charge is 0.444 e. The predicted octanol–water partition coefficient (Wildman–Crippen LogP) is 2.87. The van der Waals surface area contributed by atoms with Crippen LogP contribution < -0.4 is 57.5 Å². The number of likely N-dealkylation sites (N-methyl/N-ethyl adjacent to an activating group) is 2. The Morgan fingerprint density at radius 1 is 0.606 bits per heavy atom. The monoisotopic (exact) mass is 964 g/mol. The van der Waals surface area contributed by atoms with Crippen molar-refractivity contribution >= 4 is 36.6 Å². The number of halogens is 1. The molecule has 370 valence electrons. The minimum atomic E-state index is -1.00. The van der Waals surface area contributed by atoms with Crippen LogP contribution in [0.2, 0.25) is 0 Å². The molecule has 0 aromatic heterocycles. The number of benzene rings is 2. The SMILES string of the molecule is CCCOCCOCCOCCN(C)C(=O)OC(C)(C)C.CN(CCOCCOCCOCCN1C(=O)c2ccccc2C1=O)C(=O)OC(C)(C)C.N.O=[C-]c1ccccc1[C-]=O.[2H]CF.[K+]. The van der Waals surface area contributed by atoms with E-state index in [1.54, 1.807) is 63.1 Å². The minimum absolute atomic E-state index is 0. The van der Waals surface area contributed by atoms with Gasteiger partial charge in [0.15, 0.2) is 0 Å². The van der Waals surface area contributed by atoms with Crippen LogP contribution in [0.25, 0.3) is 0 Å². The van der Waals surface area contributed by atoms with Crippen LogP contribution >= 0.6 is 0 Å². The average molecular weight is 965 g/mol. The zero-order chi connectivity index (χ0) is 49.1. The first kappa shape index (κ1) is 64.8. The summed E-state index contributed by atoms with van der Waals surface area (Å²) >= 11 is 0. The van der Waals surface area contributed by atoms with Crippen molar-refractivity contribution in [2.24, 2.45) is 0 Å². The zero-order valence-electron chi connectivity index (χ0n) is 41.8. The van der Waals surface area contributed by atoms with Gasteiger partial charge in [0, 0.05) is 33.8 Å². The van der Waals surface area contributed by atoms with Gasteiger partial charge in [-0.3, -0.25) is 30.0 Å². The standard InChI is InChI=1S/C22H32N2O7.C15H31NO5.C8H4O2.CH3F.K.H3N/c1-22(2,3)31-21(27)23(4)9-11-28-13-15-30-16-14-29-12-10-24-19(25)17-7-5-6-8-18(17)20(24)26;1-6-8-18-10-12-20-13-11-19-9-7-16(5)14(17)21-15(2,3)4;9-5-7-3-1-2-4-8(7)6-10;1-2;;/h5-8H,9-16H2,1-4H3;6-13H2,1-5H3;1-4H;1H3;;1H3/q;;-2;;+1;/i;;;1D;;. The molecular formula is C46H73FKN4O14-. The number of carbonyl (C=O) groups is 4. The summed E-state index contributed by atoms with van der Waals surface area (Å²) in [5.41, 5.74) is 0.406. The van der Waals surface area contributed by atoms with Crippen molar-refractivity contribution in [3.63, 3.8) is 0 Å². The third kappa shape index (κ3) is 31.7. The summed E-state index contributed by atoms with van der Waals surface area (Å²) in [5.74, 6) is -0.565. The summed E-state index contributed by atoms with van der Waals surface area (Å²) in [4.78, 5) is 72.2. The van der Waals surface area contributed by atoms with Gasteiger partial charge in [-0.05, 0) is 72.7 Å². The second-order valence-corrected chi connectivity index (χ2v) is 15.5. The van der Waals surface area contributed by atoms with Crippen LogP contribution in [-0.2, 0) is 47.5 Å². The van der Waals surface area contributed by atoms with Crippen molar-refractivity contribution in [3.8, 4) is 0 Å². The van der Waals surface area contributed by atoms with Crippen molar-refractivity contribution in [3.05, 3.63) is 70.8 Å². The maximum absolute atomic E-state index is 12.2. The fourth-order valence-electron chi connectivity index (χ4n) is 4.75. The molecule has 0 fully saturated rings. The van der Waals surface area contributed by atoms with Crippen LogP contribution in [0.15, 0.2) is 48.5 Å². The van der Waals surface area contributed by atoms with Crippen LogP contribution in [0, 0.1) is 0 Å². The van der Waals surface area contributed by atoms with E-state index in [9.17, 15) is 33.2 Å². The number of hydrogen-bond donors (Lipinski definition) is 1. The molecule has 1 aliphatic heterocycles. The number of carbonyl (C=O) groups excluding carboxylic acids is 6. The molecule has 2 aromatic carbocycles. The number of imide groups is 1. The normalized spacial score (nSPS) is 11.6. The molecule has 2 aromatic rings. The summed E-state index contributed by atoms with van der Waals surface area (Å²) in [6.07, 6.45) is 3.57. The molecule has 3 rings (SSSR count). The van der Waals surface area contributed by atoms with E-state index in [2.05, 4.69) is 6.92 Å². The van der Waals surface area contributed by atoms with Gasteiger partial charge in [0.2, 0.25) is 0 Å². The van der Waals surface area contributed by atoms with Gasteiger partial charge < -0.3 is 63.4 Å². The topological polar surface area (TPSA) is 221 Å². The van der Waals surface area contributed by atoms with Gasteiger partial charge >= 0.3 is 63.6 Å². The Morgan fingerprint density at radius 3 is 1.23 bits per heavy atom. The molecule has 1 aliphatic rings. The van der Waals surface area contributed by atoms with Gasteiger partial charge in [-0.15, -0.1) is 12.1 Å². The molecule has 0 aliphatic carbocycles. The molecule has 1 heterocycles. The molecule has 0 spiro atoms. The van der Waals surface area contributed by atoms with E-state index in [4.69, 9.17) is 39.3 Å². The number of hydrogen-bond acceptors (Lipinski definition) is 15. The van der Waals surface area contributed by atoms with E-state index < -0.39 is 18.4 Å². The quantitative estimate of drug-likeness (QED) is 0.0655. The van der Waals surface area contributed by atoms with Crippen LogP contribution in [-0.4, -0.2) is 183 Å². The van der Waals surface area contributed by atoms with Gasteiger partial charge in [0.05, 0.1) is 98.9 Å². The Hall–Kier alpha value is -3.25. The molecule has 0 bridgehead atoms. The number of amides is 4. The van der Waals surface area contributed by atoms with Crippen molar-refractivity contribution in [2.75, 3.05) is 120 Å². The van der Waals surface area contributed by atoms with Crippen LogP contribution in [0.1, 0.15) is 88.1 Å². The molecule has 18 nitrogen and oxygen atoms in total. The Labute approximate surface area is 435 Å². The van der Waals surface area contributed by atoms with Crippen molar-refractivity contribution in [2.45, 2.75) is 66.1 Å². The summed E-state index contributed by atoms with van der Waals surface area (Å²) in [7, 11) is 2.35. The predicted molar refractivity (Wildman–Crippen MR) is 243 cm³/mol. The molecule has 0 unspecified atom stereocenters. The first-order chi connectivity index (χ1) is 30.9. The second-order valence-electron chi connectivity index (χ2n) is 15.5. The summed E-state index contributed by atoms with van der Waals surface area (Å²) in [6.45, 7) is 19.8. The van der Waals surface area contributed by atoms with Gasteiger partial charge in [0.25, 0.3) is 11.8 Å². The van der Waals surface area contributed by atoms with Crippen LogP contribution in [0.3, 0.4) is 0 Å². The fourth-order valence-corrected chi connectivity index (χ4v) is 4.75. The summed E-state index contributed by atoms with van der Waals surface area (Å²) in [6, 6.07) is 13.2. The van der Waals surface area contributed by atoms with Crippen molar-refractivity contribution in [1.82, 2.24) is 20.9 Å². The Morgan fingerprint density at radius 2 is 0.909 bits per heavy atom. The van der Waals surface area contributed by atoms with Crippen molar-refractivity contribution in [1.29, 1.82) is 0 Å². The van der Waals surface area contributed by atoms with E-state index >= 15 is 0 Å². The molecule has 66 heavy (non-hydrogen) atoms. The first-order valence-corrected chi connectivity index (χ1v) is 20.9. The van der Waals surface area contributed by atoms with Gasteiger partial charge in [0.1, 0.15) is 11.2 Å². The molecule has 0 saturated heterocycles. The minimum Gasteiger partial charge on any atom is -0.444 e. The first-order valence-electron chi connectivity index (χ1n) is 21.6. The van der Waals surface area contributed by atoms with E-state index in [0.717, 1.165) is 13.0 Å². The third-order valence-corrected chi connectivity index (χ3v) is 7.87. The van der Waals surface area contributed by atoms with Gasteiger partial charge in [-0.25, -0.2) is 21.7 Å². The van der Waals surface area contributed by atoms with E-state index in [-0.39, 0.29) is 106 Å². The van der Waals surface area contributed by atoms with Gasteiger partial charge in [-0.2, -0.15) is 0 Å². The molecule has 4 amide bonds. The Kier molecular flexibility index (Phi) is 39.0. The molecule has 3 N–H and O–H groups in total. The van der Waals surface area contributed by atoms with E-state index in [1.165, 1.54) is 26.8 Å². The molecule has 0 saturated carbocycles.